The van der Waals surface area contributed by atoms with Crippen molar-refractivity contribution in [3.05, 3.63) is 12.4 Å². The Morgan fingerprint density at radius 2 is 1.56 bits per heavy atom. The molecule has 18 heavy (non-hydrogen) atoms. The van der Waals surface area contributed by atoms with Gasteiger partial charge in [0.2, 0.25) is 0 Å². The van der Waals surface area contributed by atoms with E-state index in [0.29, 0.717) is 0 Å². The SMILES string of the molecule is CC(C)[Si](c1nccn1C1CC1)(C(C)C)C(C)C. The van der Waals surface area contributed by atoms with Crippen LogP contribution in [0.15, 0.2) is 12.4 Å². The van der Waals surface area contributed by atoms with Gasteiger partial charge >= 0.3 is 0 Å². The van der Waals surface area contributed by atoms with E-state index in [1.54, 1.807) is 0 Å². The molecule has 0 atom stereocenters. The van der Waals surface area contributed by atoms with E-state index in [1.807, 2.05) is 6.20 Å². The lowest BCUT2D eigenvalue weighted by atomic mass is 10.5. The standard InChI is InChI=1S/C15H28N2Si/c1-11(2)18(12(3)4,13(5)6)15-16-9-10-17(15)14-7-8-14/h9-14H,7-8H2,1-6H3. The topological polar surface area (TPSA) is 17.8 Å². The summed E-state index contributed by atoms with van der Waals surface area (Å²) in [4.78, 5) is 4.84. The van der Waals surface area contributed by atoms with E-state index in [1.165, 1.54) is 18.3 Å². The van der Waals surface area contributed by atoms with Gasteiger partial charge in [0.25, 0.3) is 0 Å². The quantitative estimate of drug-likeness (QED) is 0.732. The van der Waals surface area contributed by atoms with Gasteiger partial charge in [0.05, 0.1) is 5.45 Å². The molecule has 0 radical (unpaired) electrons. The molecule has 0 saturated heterocycles. The zero-order valence-corrected chi connectivity index (χ0v) is 13.8. The molecule has 2 rings (SSSR count). The fourth-order valence-electron chi connectivity index (χ4n) is 4.07. The van der Waals surface area contributed by atoms with E-state index >= 15 is 0 Å². The molecule has 0 aromatic carbocycles. The number of aromatic nitrogens is 2. The predicted molar refractivity (Wildman–Crippen MR) is 81.2 cm³/mol. The molecule has 1 aromatic rings. The van der Waals surface area contributed by atoms with Gasteiger partial charge in [-0.15, -0.1) is 0 Å². The van der Waals surface area contributed by atoms with Gasteiger partial charge in [-0.1, -0.05) is 41.5 Å². The minimum Gasteiger partial charge on any atom is -0.336 e. The van der Waals surface area contributed by atoms with Crippen LogP contribution in [-0.4, -0.2) is 17.6 Å². The molecule has 0 bridgehead atoms. The maximum absolute atomic E-state index is 4.84. The lowest BCUT2D eigenvalue weighted by Crippen LogP contribution is -2.59. The molecule has 3 heteroatoms. The van der Waals surface area contributed by atoms with Gasteiger partial charge in [0.1, 0.15) is 8.07 Å². The molecule has 1 saturated carbocycles. The van der Waals surface area contributed by atoms with Gasteiger partial charge < -0.3 is 4.57 Å². The summed E-state index contributed by atoms with van der Waals surface area (Å²) >= 11 is 0. The highest BCUT2D eigenvalue weighted by atomic mass is 28.3. The van der Waals surface area contributed by atoms with Gasteiger partial charge in [-0.05, 0) is 29.5 Å². The lowest BCUT2D eigenvalue weighted by Gasteiger charge is -2.42. The van der Waals surface area contributed by atoms with E-state index < -0.39 is 8.07 Å². The summed E-state index contributed by atoms with van der Waals surface area (Å²) in [5, 5.41) is 0. The number of hydrogen-bond acceptors (Lipinski definition) is 1. The first-order valence-electron chi connectivity index (χ1n) is 7.45. The van der Waals surface area contributed by atoms with E-state index in [9.17, 15) is 0 Å². The maximum Gasteiger partial charge on any atom is 0.139 e. The van der Waals surface area contributed by atoms with E-state index in [4.69, 9.17) is 4.98 Å². The van der Waals surface area contributed by atoms with Crippen LogP contribution >= 0.6 is 0 Å². The van der Waals surface area contributed by atoms with Crippen LogP contribution in [0.4, 0.5) is 0 Å². The van der Waals surface area contributed by atoms with Crippen LogP contribution in [0.3, 0.4) is 0 Å². The molecular formula is C15H28N2Si. The van der Waals surface area contributed by atoms with Crippen molar-refractivity contribution in [3.8, 4) is 0 Å². The molecule has 0 N–H and O–H groups in total. The Morgan fingerprint density at radius 3 is 1.94 bits per heavy atom. The number of rotatable bonds is 5. The van der Waals surface area contributed by atoms with Gasteiger partial charge in [-0.2, -0.15) is 0 Å². The average molecular weight is 264 g/mol. The van der Waals surface area contributed by atoms with Gasteiger partial charge in [0, 0.05) is 18.4 Å². The third-order valence-electron chi connectivity index (χ3n) is 4.86. The summed E-state index contributed by atoms with van der Waals surface area (Å²) in [6.45, 7) is 14.5. The van der Waals surface area contributed by atoms with Crippen molar-refractivity contribution >= 4 is 13.5 Å². The third kappa shape index (κ3) is 1.96. The molecule has 0 unspecified atom stereocenters. The van der Waals surface area contributed by atoms with Crippen molar-refractivity contribution in [2.75, 3.05) is 0 Å². The van der Waals surface area contributed by atoms with Crippen molar-refractivity contribution < 1.29 is 0 Å². The van der Waals surface area contributed by atoms with Crippen LogP contribution in [0.2, 0.25) is 16.6 Å². The summed E-state index contributed by atoms with van der Waals surface area (Å²) in [7, 11) is -1.57. The van der Waals surface area contributed by atoms with Crippen LogP contribution in [0.1, 0.15) is 60.4 Å². The molecular weight excluding hydrogens is 236 g/mol. The maximum atomic E-state index is 4.84. The largest absolute Gasteiger partial charge is 0.336 e. The van der Waals surface area contributed by atoms with Crippen LogP contribution in [0.5, 0.6) is 0 Å². The molecule has 1 aliphatic carbocycles. The van der Waals surface area contributed by atoms with Crippen molar-refractivity contribution in [2.24, 2.45) is 0 Å². The normalized spacial score (nSPS) is 17.2. The minimum absolute atomic E-state index is 0.748. The average Bonchev–Trinajstić information content (AvgIpc) is 2.98. The Kier molecular flexibility index (Phi) is 3.72. The molecule has 102 valence electrons. The lowest BCUT2D eigenvalue weighted by molar-refractivity contribution is 0.738. The Morgan fingerprint density at radius 1 is 1.06 bits per heavy atom. The smallest absolute Gasteiger partial charge is 0.139 e. The van der Waals surface area contributed by atoms with Crippen molar-refractivity contribution in [2.45, 2.75) is 77.0 Å². The highest BCUT2D eigenvalue weighted by Gasteiger charge is 2.48. The fourth-order valence-corrected chi connectivity index (χ4v) is 10.6. The van der Waals surface area contributed by atoms with Crippen molar-refractivity contribution in [1.82, 2.24) is 9.55 Å². The first-order valence-corrected chi connectivity index (χ1v) is 9.68. The van der Waals surface area contributed by atoms with Gasteiger partial charge in [0.15, 0.2) is 0 Å². The van der Waals surface area contributed by atoms with E-state index in [2.05, 4.69) is 52.3 Å². The van der Waals surface area contributed by atoms with Crippen molar-refractivity contribution in [1.29, 1.82) is 0 Å². The molecule has 0 aliphatic heterocycles. The Hall–Kier alpha value is -0.573. The zero-order chi connectivity index (χ0) is 13.5. The zero-order valence-electron chi connectivity index (χ0n) is 12.8. The second kappa shape index (κ2) is 4.84. The summed E-state index contributed by atoms with van der Waals surface area (Å²) in [5.41, 5.74) is 3.71. The second-order valence-corrected chi connectivity index (χ2v) is 12.6. The highest BCUT2D eigenvalue weighted by Crippen LogP contribution is 2.42. The van der Waals surface area contributed by atoms with Crippen LogP contribution in [-0.2, 0) is 0 Å². The summed E-state index contributed by atoms with van der Waals surface area (Å²) in [6, 6.07) is 0.755. The summed E-state index contributed by atoms with van der Waals surface area (Å²) in [5.74, 6) is 0. The molecule has 1 fully saturated rings. The first kappa shape index (κ1) is 13.8. The summed E-state index contributed by atoms with van der Waals surface area (Å²) < 4.78 is 2.52. The molecule has 1 aromatic heterocycles. The Bertz CT molecular complexity index is 381. The van der Waals surface area contributed by atoms with E-state index in [0.717, 1.165) is 22.7 Å². The minimum atomic E-state index is -1.57. The molecule has 2 nitrogen and oxygen atoms in total. The fraction of sp³-hybridized carbons (Fsp3) is 0.800. The number of nitrogens with zero attached hydrogens (tertiary/aromatic N) is 2. The van der Waals surface area contributed by atoms with Crippen molar-refractivity contribution in [3.63, 3.8) is 0 Å². The number of hydrogen-bond donors (Lipinski definition) is 0. The predicted octanol–water partition coefficient (Wildman–Crippen LogP) is 4.10. The van der Waals surface area contributed by atoms with Crippen LogP contribution < -0.4 is 5.45 Å². The first-order chi connectivity index (χ1) is 8.42. The molecule has 1 heterocycles. The highest BCUT2D eigenvalue weighted by molar-refractivity contribution is 6.94. The Labute approximate surface area is 113 Å². The molecule has 0 spiro atoms. The number of imidazole rings is 1. The second-order valence-electron chi connectivity index (χ2n) is 6.79. The van der Waals surface area contributed by atoms with Crippen LogP contribution in [0, 0.1) is 0 Å². The van der Waals surface area contributed by atoms with E-state index in [-0.39, 0.29) is 0 Å². The monoisotopic (exact) mass is 264 g/mol. The summed E-state index contributed by atoms with van der Waals surface area (Å²) in [6.07, 6.45) is 6.95. The third-order valence-corrected chi connectivity index (χ3v) is 11.8. The van der Waals surface area contributed by atoms with Gasteiger partial charge in [-0.3, -0.25) is 0 Å². The Balaban J connectivity index is 2.54. The molecule has 0 amide bonds. The van der Waals surface area contributed by atoms with Crippen LogP contribution in [0.25, 0.3) is 0 Å². The van der Waals surface area contributed by atoms with Gasteiger partial charge in [-0.25, -0.2) is 4.98 Å². The molecule has 1 aliphatic rings.